The molecule has 0 aliphatic carbocycles. The average Bonchev–Trinajstić information content (AvgIpc) is 2.41. The maximum Gasteiger partial charge on any atom is 0.437 e. The van der Waals surface area contributed by atoms with Gasteiger partial charge in [-0.25, -0.2) is 4.79 Å². The van der Waals surface area contributed by atoms with Crippen molar-refractivity contribution in [1.82, 2.24) is 0 Å². The number of carbonyl (C=O) groups is 1. The maximum absolute atomic E-state index is 11.4. The summed E-state index contributed by atoms with van der Waals surface area (Å²) in [5.41, 5.74) is 0.948. The zero-order valence-corrected chi connectivity index (χ0v) is 11.0. The quantitative estimate of drug-likeness (QED) is 0.515. The van der Waals surface area contributed by atoms with Gasteiger partial charge in [0.1, 0.15) is 5.75 Å². The molecule has 0 heterocycles. The highest BCUT2D eigenvalue weighted by atomic mass is 35.5. The second kappa shape index (κ2) is 6.58. The predicted octanol–water partition coefficient (Wildman–Crippen LogP) is 3.63. The van der Waals surface area contributed by atoms with E-state index in [0.29, 0.717) is 16.3 Å². The Morgan fingerprint density at radius 2 is 2.05 bits per heavy atom. The van der Waals surface area contributed by atoms with E-state index in [-0.39, 0.29) is 5.75 Å². The Morgan fingerprint density at radius 3 is 2.80 bits per heavy atom. The summed E-state index contributed by atoms with van der Waals surface area (Å²) in [6, 6.07) is 13.2. The van der Waals surface area contributed by atoms with Crippen LogP contribution < -0.4 is 5.32 Å². The fourth-order valence-corrected chi connectivity index (χ4v) is 1.62. The maximum atomic E-state index is 11.4. The van der Waals surface area contributed by atoms with Gasteiger partial charge in [-0.05, 0) is 30.3 Å². The van der Waals surface area contributed by atoms with Crippen molar-refractivity contribution in [2.75, 3.05) is 5.32 Å². The molecule has 0 radical (unpaired) electrons. The molecule has 5 nitrogen and oxygen atoms in total. The molecule has 0 aromatic heterocycles. The van der Waals surface area contributed by atoms with E-state index in [9.17, 15) is 9.90 Å². The Kier molecular flexibility index (Phi) is 4.57. The molecule has 0 bridgehead atoms. The average molecular weight is 291 g/mol. The third kappa shape index (κ3) is 4.00. The monoisotopic (exact) mass is 290 g/mol. The number of para-hydroxylation sites is 1. The van der Waals surface area contributed by atoms with Gasteiger partial charge in [-0.15, -0.1) is 0 Å². The van der Waals surface area contributed by atoms with Gasteiger partial charge in [-0.2, -0.15) is 0 Å². The van der Waals surface area contributed by atoms with Crippen molar-refractivity contribution in [3.63, 3.8) is 0 Å². The number of benzene rings is 2. The molecule has 0 saturated heterocycles. The molecule has 1 amide bonds. The second-order valence-corrected chi connectivity index (χ2v) is 4.24. The molecule has 0 saturated carbocycles. The Labute approximate surface area is 120 Å². The van der Waals surface area contributed by atoms with Gasteiger partial charge in [0.2, 0.25) is 0 Å². The number of oxime groups is 1. The number of hydrogen-bond donors (Lipinski definition) is 2. The summed E-state index contributed by atoms with van der Waals surface area (Å²) in [6.45, 7) is 0. The molecule has 0 aliphatic heterocycles. The molecule has 0 spiro atoms. The summed E-state index contributed by atoms with van der Waals surface area (Å²) in [5.74, 6) is 0.0510. The molecular formula is C14H11ClN2O3. The summed E-state index contributed by atoms with van der Waals surface area (Å²) in [7, 11) is 0. The molecule has 0 unspecified atom stereocenters. The van der Waals surface area contributed by atoms with E-state index in [4.69, 9.17) is 11.6 Å². The van der Waals surface area contributed by atoms with Crippen LogP contribution in [0.5, 0.6) is 5.75 Å². The molecule has 2 aromatic rings. The normalized spacial score (nSPS) is 10.4. The molecule has 2 N–H and O–H groups in total. The lowest BCUT2D eigenvalue weighted by molar-refractivity contribution is 0.167. The number of halogens is 1. The molecule has 102 valence electrons. The van der Waals surface area contributed by atoms with Gasteiger partial charge in [0.05, 0.1) is 6.21 Å². The first-order valence-electron chi connectivity index (χ1n) is 5.70. The van der Waals surface area contributed by atoms with E-state index < -0.39 is 6.09 Å². The van der Waals surface area contributed by atoms with Crippen molar-refractivity contribution in [1.29, 1.82) is 0 Å². The number of rotatable bonds is 3. The van der Waals surface area contributed by atoms with E-state index in [2.05, 4.69) is 15.3 Å². The highest BCUT2D eigenvalue weighted by Gasteiger charge is 2.03. The highest BCUT2D eigenvalue weighted by Crippen LogP contribution is 2.15. The van der Waals surface area contributed by atoms with Crippen molar-refractivity contribution in [3.05, 3.63) is 59.1 Å². The fourth-order valence-electron chi connectivity index (χ4n) is 1.43. The number of aromatic hydroxyl groups is 1. The van der Waals surface area contributed by atoms with E-state index in [1.165, 1.54) is 12.3 Å². The summed E-state index contributed by atoms with van der Waals surface area (Å²) in [4.78, 5) is 16.1. The first-order valence-corrected chi connectivity index (χ1v) is 6.08. The van der Waals surface area contributed by atoms with E-state index in [1.807, 2.05) is 0 Å². The van der Waals surface area contributed by atoms with Crippen LogP contribution in [0.4, 0.5) is 10.5 Å². The van der Waals surface area contributed by atoms with Crippen molar-refractivity contribution >= 4 is 29.6 Å². The zero-order valence-electron chi connectivity index (χ0n) is 10.3. The lowest BCUT2D eigenvalue weighted by atomic mass is 10.2. The summed E-state index contributed by atoms with van der Waals surface area (Å²) >= 11 is 5.78. The van der Waals surface area contributed by atoms with Crippen LogP contribution in [-0.4, -0.2) is 17.4 Å². The fraction of sp³-hybridized carbons (Fsp3) is 0. The largest absolute Gasteiger partial charge is 0.507 e. The molecular weight excluding hydrogens is 280 g/mol. The van der Waals surface area contributed by atoms with Gasteiger partial charge in [0.25, 0.3) is 0 Å². The molecule has 0 atom stereocenters. The number of nitrogens with zero attached hydrogens (tertiary/aromatic N) is 1. The number of amides is 1. The van der Waals surface area contributed by atoms with Crippen molar-refractivity contribution in [2.24, 2.45) is 5.16 Å². The minimum atomic E-state index is -0.751. The Balaban J connectivity index is 1.91. The number of hydrogen-bond acceptors (Lipinski definition) is 4. The first kappa shape index (κ1) is 13.9. The van der Waals surface area contributed by atoms with Crippen LogP contribution in [0.25, 0.3) is 0 Å². The van der Waals surface area contributed by atoms with E-state index >= 15 is 0 Å². The minimum absolute atomic E-state index is 0.0510. The van der Waals surface area contributed by atoms with Crippen LogP contribution >= 0.6 is 11.6 Å². The smallest absolute Gasteiger partial charge is 0.437 e. The van der Waals surface area contributed by atoms with Crippen LogP contribution in [0.2, 0.25) is 5.02 Å². The third-order valence-corrected chi connectivity index (χ3v) is 2.57. The summed E-state index contributed by atoms with van der Waals surface area (Å²) in [6.07, 6.45) is 0.492. The third-order valence-electron chi connectivity index (χ3n) is 2.34. The topological polar surface area (TPSA) is 70.9 Å². The van der Waals surface area contributed by atoms with Gasteiger partial charge < -0.3 is 5.11 Å². The van der Waals surface area contributed by atoms with Gasteiger partial charge in [0, 0.05) is 16.3 Å². The van der Waals surface area contributed by atoms with Gasteiger partial charge in [-0.1, -0.05) is 35.0 Å². The van der Waals surface area contributed by atoms with Crippen molar-refractivity contribution < 1.29 is 14.7 Å². The Hall–Kier alpha value is -2.53. The number of anilines is 1. The highest BCUT2D eigenvalue weighted by molar-refractivity contribution is 6.30. The molecule has 6 heteroatoms. The molecule has 20 heavy (non-hydrogen) atoms. The first-order chi connectivity index (χ1) is 9.65. The van der Waals surface area contributed by atoms with E-state index in [1.54, 1.807) is 42.5 Å². The van der Waals surface area contributed by atoms with E-state index in [0.717, 1.165) is 0 Å². The SMILES string of the molecule is O=C(Nc1cccc(Cl)c1)O/N=C/c1ccccc1O. The number of carbonyl (C=O) groups excluding carboxylic acids is 1. The van der Waals surface area contributed by atoms with Gasteiger partial charge >= 0.3 is 6.09 Å². The predicted molar refractivity (Wildman–Crippen MR) is 77.3 cm³/mol. The molecule has 2 rings (SSSR count). The van der Waals surface area contributed by atoms with Crippen molar-refractivity contribution in [2.45, 2.75) is 0 Å². The number of phenols is 1. The number of nitrogens with one attached hydrogen (secondary N) is 1. The Bertz CT molecular complexity index is 644. The molecule has 0 fully saturated rings. The van der Waals surface area contributed by atoms with Crippen LogP contribution in [0.15, 0.2) is 53.7 Å². The minimum Gasteiger partial charge on any atom is -0.507 e. The molecule has 0 aliphatic rings. The zero-order chi connectivity index (χ0) is 14.4. The number of phenolic OH excluding ortho intramolecular Hbond substituents is 1. The summed E-state index contributed by atoms with van der Waals surface area (Å²) < 4.78 is 0. The lowest BCUT2D eigenvalue weighted by Gasteiger charge is -2.02. The lowest BCUT2D eigenvalue weighted by Crippen LogP contribution is -2.10. The van der Waals surface area contributed by atoms with Crippen LogP contribution in [0, 0.1) is 0 Å². The van der Waals surface area contributed by atoms with Crippen LogP contribution in [-0.2, 0) is 4.84 Å². The standard InChI is InChI=1S/C14H11ClN2O3/c15-11-5-3-6-12(8-11)17-14(19)20-16-9-10-4-1-2-7-13(10)18/h1-9,18H,(H,17,19)/b16-9+. The Morgan fingerprint density at radius 1 is 1.25 bits per heavy atom. The summed E-state index contributed by atoms with van der Waals surface area (Å²) in [5, 5.41) is 15.9. The molecule has 2 aromatic carbocycles. The van der Waals surface area contributed by atoms with Gasteiger partial charge in [-0.3, -0.25) is 10.2 Å². The van der Waals surface area contributed by atoms with Crippen molar-refractivity contribution in [3.8, 4) is 5.75 Å². The van der Waals surface area contributed by atoms with Gasteiger partial charge in [0.15, 0.2) is 0 Å². The van der Waals surface area contributed by atoms with Crippen LogP contribution in [0.3, 0.4) is 0 Å². The second-order valence-electron chi connectivity index (χ2n) is 3.81. The van der Waals surface area contributed by atoms with Crippen LogP contribution in [0.1, 0.15) is 5.56 Å².